The third kappa shape index (κ3) is 5.17. The van der Waals surface area contributed by atoms with Gasteiger partial charge in [-0.2, -0.15) is 5.26 Å². The highest BCUT2D eigenvalue weighted by Gasteiger charge is 2.13. The third-order valence-electron chi connectivity index (χ3n) is 4.38. The van der Waals surface area contributed by atoms with Crippen molar-refractivity contribution >= 4 is 17.3 Å². The maximum Gasteiger partial charge on any atom is 0.269 e. The quantitative estimate of drug-likeness (QED) is 0.361. The highest BCUT2D eigenvalue weighted by molar-refractivity contribution is 5.76. The molecule has 0 unspecified atom stereocenters. The fourth-order valence-electron chi connectivity index (χ4n) is 2.86. The topological polar surface area (TPSA) is 141 Å². The van der Waals surface area contributed by atoms with Gasteiger partial charge in [-0.3, -0.25) is 19.7 Å². The summed E-state index contributed by atoms with van der Waals surface area (Å²) < 4.78 is 0. The average Bonchev–Trinajstić information content (AvgIpc) is 2.65. The Morgan fingerprint density at radius 2 is 1.93 bits per heavy atom. The van der Waals surface area contributed by atoms with Gasteiger partial charge in [0, 0.05) is 43.0 Å². The molecule has 0 spiro atoms. The lowest BCUT2D eigenvalue weighted by Crippen LogP contribution is -2.29. The van der Waals surface area contributed by atoms with E-state index in [9.17, 15) is 19.7 Å². The summed E-state index contributed by atoms with van der Waals surface area (Å²) in [6.45, 7) is 4.32. The summed E-state index contributed by atoms with van der Waals surface area (Å²) >= 11 is 0. The van der Waals surface area contributed by atoms with E-state index < -0.39 is 10.5 Å². The predicted molar refractivity (Wildman–Crippen MR) is 104 cm³/mol. The number of carbonyl (C=O) groups excluding carboxylic acids is 1. The summed E-state index contributed by atoms with van der Waals surface area (Å²) in [5.74, 6) is -0.144. The molecule has 0 fully saturated rings. The zero-order chi connectivity index (χ0) is 20.7. The van der Waals surface area contributed by atoms with Gasteiger partial charge in [-0.15, -0.1) is 0 Å². The van der Waals surface area contributed by atoms with Crippen LogP contribution in [0, 0.1) is 35.3 Å². The van der Waals surface area contributed by atoms with Crippen molar-refractivity contribution in [3.05, 3.63) is 67.1 Å². The van der Waals surface area contributed by atoms with E-state index in [-0.39, 0.29) is 23.6 Å². The first-order valence-electron chi connectivity index (χ1n) is 8.71. The average molecular weight is 383 g/mol. The Kier molecular flexibility index (Phi) is 6.87. The molecule has 3 N–H and O–H groups in total. The number of aryl methyl sites for hydroxylation is 1. The summed E-state index contributed by atoms with van der Waals surface area (Å²) in [6, 6.07) is 7.92. The molecule has 0 saturated carbocycles. The van der Waals surface area contributed by atoms with E-state index in [4.69, 9.17) is 5.26 Å². The molecule has 0 aliphatic rings. The number of H-pyrrole nitrogens is 1. The molecule has 0 aliphatic carbocycles. The Morgan fingerprint density at radius 1 is 1.25 bits per heavy atom. The first-order valence-corrected chi connectivity index (χ1v) is 8.71. The van der Waals surface area contributed by atoms with Crippen LogP contribution in [0.25, 0.3) is 0 Å². The van der Waals surface area contributed by atoms with Crippen molar-refractivity contribution < 1.29 is 9.72 Å². The highest BCUT2D eigenvalue weighted by Crippen LogP contribution is 2.16. The number of amides is 1. The summed E-state index contributed by atoms with van der Waals surface area (Å²) in [5, 5.41) is 25.5. The van der Waals surface area contributed by atoms with Gasteiger partial charge in [-0.1, -0.05) is 0 Å². The standard InChI is InChI=1S/C19H21N5O4/c1-12-16(13(2)23-19(26)17(12)11-20)7-8-18(25)22-10-9-21-14-3-5-15(6-4-14)24(27)28/h3-6,21H,7-10H2,1-2H3,(H,22,25)(H,23,26). The zero-order valence-electron chi connectivity index (χ0n) is 15.7. The molecular formula is C19H21N5O4. The number of non-ortho nitro benzene ring substituents is 1. The number of nitrogens with one attached hydrogen (secondary N) is 3. The van der Waals surface area contributed by atoms with Crippen LogP contribution in [0.15, 0.2) is 29.1 Å². The number of hydrogen-bond donors (Lipinski definition) is 3. The SMILES string of the molecule is Cc1[nH]c(=O)c(C#N)c(C)c1CCC(=O)NCCNc1ccc([N+](=O)[O-])cc1. The third-order valence-corrected chi connectivity index (χ3v) is 4.38. The number of rotatable bonds is 8. The Labute approximate surface area is 161 Å². The van der Waals surface area contributed by atoms with E-state index in [1.165, 1.54) is 12.1 Å². The smallest absolute Gasteiger partial charge is 0.269 e. The van der Waals surface area contributed by atoms with Gasteiger partial charge in [0.1, 0.15) is 11.6 Å². The van der Waals surface area contributed by atoms with E-state index in [0.717, 1.165) is 11.3 Å². The van der Waals surface area contributed by atoms with E-state index in [2.05, 4.69) is 15.6 Å². The van der Waals surface area contributed by atoms with Crippen molar-refractivity contribution in [1.82, 2.24) is 10.3 Å². The van der Waals surface area contributed by atoms with Crippen LogP contribution in [0.2, 0.25) is 0 Å². The minimum Gasteiger partial charge on any atom is -0.383 e. The number of nitrogens with zero attached hydrogens (tertiary/aromatic N) is 2. The van der Waals surface area contributed by atoms with Crippen LogP contribution >= 0.6 is 0 Å². The van der Waals surface area contributed by atoms with Crippen molar-refractivity contribution in [1.29, 1.82) is 5.26 Å². The largest absolute Gasteiger partial charge is 0.383 e. The number of benzene rings is 1. The molecule has 1 aromatic carbocycles. The number of pyridine rings is 1. The molecule has 1 aromatic heterocycles. The molecular weight excluding hydrogens is 362 g/mol. The van der Waals surface area contributed by atoms with Gasteiger partial charge in [0.25, 0.3) is 11.2 Å². The Hall–Kier alpha value is -3.67. The van der Waals surface area contributed by atoms with Crippen molar-refractivity contribution in [3.63, 3.8) is 0 Å². The second kappa shape index (κ2) is 9.32. The first-order chi connectivity index (χ1) is 13.3. The van der Waals surface area contributed by atoms with Gasteiger partial charge in [-0.25, -0.2) is 0 Å². The van der Waals surface area contributed by atoms with Gasteiger partial charge in [-0.05, 0) is 43.5 Å². The van der Waals surface area contributed by atoms with Crippen LogP contribution in [0.5, 0.6) is 0 Å². The molecule has 0 bridgehead atoms. The van der Waals surface area contributed by atoms with Crippen LogP contribution in [0.3, 0.4) is 0 Å². The molecule has 0 aliphatic heterocycles. The van der Waals surface area contributed by atoms with Crippen LogP contribution < -0.4 is 16.2 Å². The molecule has 2 rings (SSSR count). The summed E-state index contributed by atoms with van der Waals surface area (Å²) in [5.41, 5.74) is 2.48. The molecule has 146 valence electrons. The Bertz CT molecular complexity index is 974. The fourth-order valence-corrected chi connectivity index (χ4v) is 2.86. The normalized spacial score (nSPS) is 10.2. The molecule has 0 atom stereocenters. The molecule has 0 saturated heterocycles. The summed E-state index contributed by atoms with van der Waals surface area (Å²) in [6.07, 6.45) is 0.654. The number of aromatic nitrogens is 1. The first kappa shape index (κ1) is 20.6. The molecule has 1 heterocycles. The number of nitro benzene ring substituents is 1. The van der Waals surface area contributed by atoms with E-state index in [1.54, 1.807) is 26.0 Å². The summed E-state index contributed by atoms with van der Waals surface area (Å²) in [4.78, 5) is 36.6. The number of anilines is 1. The van der Waals surface area contributed by atoms with E-state index in [1.807, 2.05) is 6.07 Å². The molecule has 9 nitrogen and oxygen atoms in total. The van der Waals surface area contributed by atoms with Crippen molar-refractivity contribution in [3.8, 4) is 6.07 Å². The molecule has 9 heteroatoms. The van der Waals surface area contributed by atoms with E-state index >= 15 is 0 Å². The highest BCUT2D eigenvalue weighted by atomic mass is 16.6. The lowest BCUT2D eigenvalue weighted by atomic mass is 9.99. The van der Waals surface area contributed by atoms with Crippen molar-refractivity contribution in [2.24, 2.45) is 0 Å². The maximum atomic E-state index is 12.0. The minimum atomic E-state index is -0.463. The van der Waals surface area contributed by atoms with E-state index in [0.29, 0.717) is 30.8 Å². The van der Waals surface area contributed by atoms with Gasteiger partial charge < -0.3 is 15.6 Å². The van der Waals surface area contributed by atoms with Gasteiger partial charge in [0.15, 0.2) is 0 Å². The number of aromatic amines is 1. The second-order valence-corrected chi connectivity index (χ2v) is 6.25. The number of nitriles is 1. The lowest BCUT2D eigenvalue weighted by molar-refractivity contribution is -0.384. The monoisotopic (exact) mass is 383 g/mol. The molecule has 2 aromatic rings. The number of nitro groups is 1. The second-order valence-electron chi connectivity index (χ2n) is 6.25. The van der Waals surface area contributed by atoms with Gasteiger partial charge >= 0.3 is 0 Å². The zero-order valence-corrected chi connectivity index (χ0v) is 15.7. The minimum absolute atomic E-state index is 0.0197. The van der Waals surface area contributed by atoms with Gasteiger partial charge in [0.05, 0.1) is 4.92 Å². The predicted octanol–water partition coefficient (Wildman–Crippen LogP) is 1.93. The lowest BCUT2D eigenvalue weighted by Gasteiger charge is -2.11. The summed E-state index contributed by atoms with van der Waals surface area (Å²) in [7, 11) is 0. The molecule has 0 radical (unpaired) electrons. The van der Waals surface area contributed by atoms with Gasteiger partial charge in [0.2, 0.25) is 5.91 Å². The number of carbonyl (C=O) groups is 1. The number of hydrogen-bond acceptors (Lipinski definition) is 6. The van der Waals surface area contributed by atoms with Crippen molar-refractivity contribution in [2.75, 3.05) is 18.4 Å². The van der Waals surface area contributed by atoms with Crippen LogP contribution in [0.4, 0.5) is 11.4 Å². The Morgan fingerprint density at radius 3 is 2.54 bits per heavy atom. The van der Waals surface area contributed by atoms with Crippen molar-refractivity contribution in [2.45, 2.75) is 26.7 Å². The van der Waals surface area contributed by atoms with Crippen LogP contribution in [-0.4, -0.2) is 28.9 Å². The molecule has 28 heavy (non-hydrogen) atoms. The fraction of sp³-hybridized carbons (Fsp3) is 0.316. The molecule has 1 amide bonds. The van der Waals surface area contributed by atoms with Crippen LogP contribution in [-0.2, 0) is 11.2 Å². The maximum absolute atomic E-state index is 12.0. The Balaban J connectivity index is 1.80. The van der Waals surface area contributed by atoms with Crippen LogP contribution in [0.1, 0.15) is 28.8 Å².